The average Bonchev–Trinajstić information content (AvgIpc) is 2.96. The highest BCUT2D eigenvalue weighted by Crippen LogP contribution is 2.23. The smallest absolute Gasteiger partial charge is 0.251 e. The van der Waals surface area contributed by atoms with Gasteiger partial charge in [0, 0.05) is 57.4 Å². The minimum absolute atomic E-state index is 0. The van der Waals surface area contributed by atoms with Crippen LogP contribution in [0.15, 0.2) is 24.3 Å². The molecule has 0 radical (unpaired) electrons. The molecule has 5 N–H and O–H groups in total. The van der Waals surface area contributed by atoms with Crippen LogP contribution < -0.4 is 16.4 Å². The Morgan fingerprint density at radius 2 is 1.70 bits per heavy atom. The summed E-state index contributed by atoms with van der Waals surface area (Å²) in [5.74, 6) is 0.127. The van der Waals surface area contributed by atoms with Crippen LogP contribution in [0.1, 0.15) is 89.1 Å². The van der Waals surface area contributed by atoms with Crippen LogP contribution in [0.5, 0.6) is 0 Å². The summed E-state index contributed by atoms with van der Waals surface area (Å²) < 4.78 is 5.49. The van der Waals surface area contributed by atoms with E-state index in [2.05, 4.69) is 36.3 Å². The lowest BCUT2D eigenvalue weighted by Crippen LogP contribution is -2.44. The van der Waals surface area contributed by atoms with E-state index in [1.807, 2.05) is 38.1 Å². The Morgan fingerprint density at radius 3 is 2.28 bits per heavy atom. The number of aliphatic hydroxyl groups is 1. The Kier molecular flexibility index (Phi) is 21.4. The molecule has 10 heteroatoms. The quantitative estimate of drug-likeness (QED) is 0.170. The third-order valence-electron chi connectivity index (χ3n) is 8.83. The van der Waals surface area contributed by atoms with Crippen molar-refractivity contribution < 1.29 is 19.4 Å². The van der Waals surface area contributed by atoms with Crippen LogP contribution in [-0.2, 0) is 16.0 Å². The summed E-state index contributed by atoms with van der Waals surface area (Å²) in [4.78, 5) is 28.5. The Balaban J connectivity index is 0.00000882. The normalized spacial score (nSPS) is 17.0. The molecule has 250 valence electrons. The number of benzene rings is 1. The highest BCUT2D eigenvalue weighted by Gasteiger charge is 2.30. The van der Waals surface area contributed by atoms with Crippen LogP contribution >= 0.6 is 24.8 Å². The first-order valence-corrected chi connectivity index (χ1v) is 15.9. The second-order valence-corrected chi connectivity index (χ2v) is 12.6. The van der Waals surface area contributed by atoms with Crippen LogP contribution in [0.2, 0.25) is 0 Å². The van der Waals surface area contributed by atoms with Gasteiger partial charge in [-0.05, 0) is 67.9 Å². The molecule has 1 fully saturated rings. The number of nitrogens with two attached hydrogens (primary N) is 1. The fourth-order valence-electron chi connectivity index (χ4n) is 5.66. The van der Waals surface area contributed by atoms with E-state index in [0.29, 0.717) is 32.0 Å². The maximum atomic E-state index is 13.3. The van der Waals surface area contributed by atoms with Gasteiger partial charge >= 0.3 is 0 Å². The second-order valence-electron chi connectivity index (χ2n) is 12.6. The van der Waals surface area contributed by atoms with E-state index >= 15 is 0 Å². The van der Waals surface area contributed by atoms with Crippen molar-refractivity contribution in [3.8, 4) is 0 Å². The molecule has 1 aromatic rings. The molecular weight excluding hydrogens is 587 g/mol. The second kappa shape index (κ2) is 22.1. The number of ether oxygens (including phenoxy) is 1. The summed E-state index contributed by atoms with van der Waals surface area (Å²) in [7, 11) is 1.79. The Morgan fingerprint density at radius 1 is 1.05 bits per heavy atom. The molecule has 1 aromatic carbocycles. The first kappa shape index (κ1) is 41.6. The first-order chi connectivity index (χ1) is 19.6. The average molecular weight is 648 g/mol. The molecule has 0 spiro atoms. The molecule has 0 saturated carbocycles. The van der Waals surface area contributed by atoms with E-state index in [4.69, 9.17) is 10.5 Å². The van der Waals surface area contributed by atoms with Crippen molar-refractivity contribution in [2.24, 2.45) is 29.4 Å². The molecule has 43 heavy (non-hydrogen) atoms. The van der Waals surface area contributed by atoms with Crippen molar-refractivity contribution in [3.05, 3.63) is 35.4 Å². The lowest BCUT2D eigenvalue weighted by atomic mass is 9.83. The number of methoxy groups -OCH3 is 1. The number of amides is 2. The zero-order valence-electron chi connectivity index (χ0n) is 27.3. The number of nitrogens with zero attached hydrogens (tertiary/aromatic N) is 1. The third kappa shape index (κ3) is 14.5. The topological polar surface area (TPSA) is 117 Å². The molecule has 2 rings (SSSR count). The molecular formula is C33H60Cl2N4O4. The summed E-state index contributed by atoms with van der Waals surface area (Å²) >= 11 is 0. The van der Waals surface area contributed by atoms with Gasteiger partial charge in [-0.1, -0.05) is 59.2 Å². The molecule has 0 aromatic heterocycles. The SMILES string of the molecule is CCCCNC(=O)[C@@H](C[C@H](O)[C@@H](N)C[C@H](CNC(=O)c1ccccc1CCN1CCC(OC)CC1)C(C)C)C(C)C.Cl.Cl. The third-order valence-corrected chi connectivity index (χ3v) is 8.83. The molecule has 8 nitrogen and oxygen atoms in total. The number of aliphatic hydroxyl groups excluding tert-OH is 1. The van der Waals surface area contributed by atoms with Crippen molar-refractivity contribution in [3.63, 3.8) is 0 Å². The van der Waals surface area contributed by atoms with Gasteiger partial charge in [0.25, 0.3) is 5.91 Å². The van der Waals surface area contributed by atoms with Crippen molar-refractivity contribution in [2.45, 2.75) is 97.8 Å². The van der Waals surface area contributed by atoms with Crippen LogP contribution in [0, 0.1) is 23.7 Å². The number of piperidine rings is 1. The van der Waals surface area contributed by atoms with Crippen molar-refractivity contribution >= 4 is 36.6 Å². The lowest BCUT2D eigenvalue weighted by molar-refractivity contribution is -0.127. The fraction of sp³-hybridized carbons (Fsp3) is 0.758. The number of unbranched alkanes of at least 4 members (excludes halogenated alkanes) is 1. The maximum absolute atomic E-state index is 13.3. The number of nitrogens with one attached hydrogen (secondary N) is 2. The predicted octanol–water partition coefficient (Wildman–Crippen LogP) is 4.84. The van der Waals surface area contributed by atoms with Gasteiger partial charge in [-0.25, -0.2) is 0 Å². The Bertz CT molecular complexity index is 913. The van der Waals surface area contributed by atoms with Crippen LogP contribution in [0.4, 0.5) is 0 Å². The molecule has 4 atom stereocenters. The van der Waals surface area contributed by atoms with Gasteiger partial charge in [0.2, 0.25) is 5.91 Å². The van der Waals surface area contributed by atoms with E-state index in [1.165, 1.54) is 0 Å². The summed E-state index contributed by atoms with van der Waals surface area (Å²) in [6, 6.07) is 7.39. The van der Waals surface area contributed by atoms with E-state index < -0.39 is 12.1 Å². The van der Waals surface area contributed by atoms with Gasteiger partial charge in [-0.3, -0.25) is 9.59 Å². The number of halogens is 2. The first-order valence-electron chi connectivity index (χ1n) is 15.9. The molecule has 1 aliphatic rings. The number of carbonyl (C=O) groups excluding carboxylic acids is 2. The Labute approximate surface area is 273 Å². The monoisotopic (exact) mass is 646 g/mol. The van der Waals surface area contributed by atoms with E-state index in [-0.39, 0.29) is 60.3 Å². The van der Waals surface area contributed by atoms with Crippen LogP contribution in [-0.4, -0.2) is 79.9 Å². The van der Waals surface area contributed by atoms with Crippen LogP contribution in [0.3, 0.4) is 0 Å². The Hall–Kier alpha value is -1.42. The van der Waals surface area contributed by atoms with Crippen molar-refractivity contribution in [1.82, 2.24) is 15.5 Å². The molecule has 0 unspecified atom stereocenters. The molecule has 1 heterocycles. The van der Waals surface area contributed by atoms with Crippen molar-refractivity contribution in [2.75, 3.05) is 39.8 Å². The standard InChI is InChI=1S/C33H58N4O4.2ClH/c1-7-8-16-35-33(40)29(24(4)5)21-31(38)30(34)20-26(23(2)3)22-36-32(39)28-12-10-9-11-25(28)13-17-37-18-14-27(41-6)15-19-37;;/h9-12,23-24,26-27,29-31,38H,7-8,13-22,34H2,1-6H3,(H,35,40)(H,36,39);2*1H/t26-,29+,30+,31+;;/m1../s1. The van der Waals surface area contributed by atoms with Gasteiger partial charge in [-0.15, -0.1) is 24.8 Å². The number of hydrogen-bond acceptors (Lipinski definition) is 6. The van der Waals surface area contributed by atoms with Gasteiger partial charge in [0.15, 0.2) is 0 Å². The predicted molar refractivity (Wildman–Crippen MR) is 181 cm³/mol. The summed E-state index contributed by atoms with van der Waals surface area (Å²) in [5.41, 5.74) is 8.27. The van der Waals surface area contributed by atoms with E-state index in [9.17, 15) is 14.7 Å². The molecule has 0 aliphatic carbocycles. The summed E-state index contributed by atoms with van der Waals surface area (Å²) in [6.45, 7) is 14.5. The van der Waals surface area contributed by atoms with Crippen LogP contribution in [0.25, 0.3) is 0 Å². The van der Waals surface area contributed by atoms with Gasteiger partial charge < -0.3 is 31.1 Å². The number of likely N-dealkylation sites (tertiary alicyclic amines) is 1. The number of hydrogen-bond donors (Lipinski definition) is 4. The van der Waals surface area contributed by atoms with Gasteiger partial charge in [0.05, 0.1) is 12.2 Å². The minimum Gasteiger partial charge on any atom is -0.391 e. The highest BCUT2D eigenvalue weighted by atomic mass is 35.5. The lowest BCUT2D eigenvalue weighted by Gasteiger charge is -2.31. The molecule has 2 amide bonds. The number of carbonyl (C=O) groups is 2. The number of rotatable bonds is 18. The molecule has 1 saturated heterocycles. The minimum atomic E-state index is -0.786. The van der Waals surface area contributed by atoms with E-state index in [0.717, 1.165) is 62.9 Å². The summed E-state index contributed by atoms with van der Waals surface area (Å²) in [6.07, 6.45) is 5.38. The maximum Gasteiger partial charge on any atom is 0.251 e. The molecule has 0 bridgehead atoms. The highest BCUT2D eigenvalue weighted by molar-refractivity contribution is 5.95. The summed E-state index contributed by atoms with van der Waals surface area (Å²) in [5, 5.41) is 17.1. The zero-order valence-corrected chi connectivity index (χ0v) is 29.0. The zero-order chi connectivity index (χ0) is 30.4. The largest absolute Gasteiger partial charge is 0.391 e. The fourth-order valence-corrected chi connectivity index (χ4v) is 5.66. The molecule has 1 aliphatic heterocycles. The van der Waals surface area contributed by atoms with E-state index in [1.54, 1.807) is 7.11 Å². The van der Waals surface area contributed by atoms with Gasteiger partial charge in [0.1, 0.15) is 0 Å². The van der Waals surface area contributed by atoms with Crippen molar-refractivity contribution in [1.29, 1.82) is 0 Å². The van der Waals surface area contributed by atoms with Gasteiger partial charge in [-0.2, -0.15) is 0 Å².